The minimum absolute atomic E-state index is 0.0420. The Hall–Kier alpha value is -1.98. The van der Waals surface area contributed by atoms with Crippen molar-refractivity contribution in [1.29, 1.82) is 0 Å². The molecular weight excluding hydrogens is 332 g/mol. The van der Waals surface area contributed by atoms with Crippen LogP contribution in [0, 0.1) is 5.92 Å². The van der Waals surface area contributed by atoms with Gasteiger partial charge in [-0.2, -0.15) is 0 Å². The van der Waals surface area contributed by atoms with Crippen LogP contribution < -0.4 is 10.6 Å². The standard InChI is InChI=1S/C20H30N2O4/c23-19(16-8-4-10-25-13-16)21-12-18(15-6-2-1-3-7-15)22-20(24)17-9-5-11-26-14-17/h13-15,18H,1-12H2,(H,21,23)(H,22,24)/t18-/m0/s1. The zero-order valence-electron chi connectivity index (χ0n) is 15.4. The minimum atomic E-state index is -0.0834. The molecule has 0 aromatic rings. The molecule has 6 nitrogen and oxygen atoms in total. The number of nitrogens with one attached hydrogen (secondary N) is 2. The molecule has 1 saturated carbocycles. The van der Waals surface area contributed by atoms with Crippen LogP contribution in [0.1, 0.15) is 57.8 Å². The van der Waals surface area contributed by atoms with Crippen LogP contribution in [-0.2, 0) is 19.1 Å². The Labute approximate surface area is 155 Å². The van der Waals surface area contributed by atoms with E-state index in [-0.39, 0.29) is 17.9 Å². The van der Waals surface area contributed by atoms with E-state index in [2.05, 4.69) is 10.6 Å². The molecular formula is C20H30N2O4. The van der Waals surface area contributed by atoms with Gasteiger partial charge >= 0.3 is 0 Å². The zero-order chi connectivity index (χ0) is 18.2. The Kier molecular flexibility index (Phi) is 6.97. The first-order valence-corrected chi connectivity index (χ1v) is 9.94. The van der Waals surface area contributed by atoms with Crippen LogP contribution in [0.5, 0.6) is 0 Å². The van der Waals surface area contributed by atoms with Crippen molar-refractivity contribution >= 4 is 11.8 Å². The molecule has 1 atom stereocenters. The summed E-state index contributed by atoms with van der Waals surface area (Å²) in [6, 6.07) is -0.0420. The van der Waals surface area contributed by atoms with Crippen LogP contribution in [0.3, 0.4) is 0 Å². The van der Waals surface area contributed by atoms with E-state index < -0.39 is 0 Å². The maximum Gasteiger partial charge on any atom is 0.250 e. The van der Waals surface area contributed by atoms with E-state index in [1.54, 1.807) is 12.5 Å². The number of carbonyl (C=O) groups excluding carboxylic acids is 2. The van der Waals surface area contributed by atoms with Gasteiger partial charge in [-0.25, -0.2) is 0 Å². The Balaban J connectivity index is 1.59. The summed E-state index contributed by atoms with van der Waals surface area (Å²) >= 11 is 0. The first kappa shape index (κ1) is 18.8. The summed E-state index contributed by atoms with van der Waals surface area (Å²) in [6.07, 6.45) is 12.2. The van der Waals surface area contributed by atoms with Gasteiger partial charge in [0.1, 0.15) is 0 Å². The van der Waals surface area contributed by atoms with Gasteiger partial charge in [0.2, 0.25) is 5.91 Å². The number of hydrogen-bond donors (Lipinski definition) is 2. The van der Waals surface area contributed by atoms with Gasteiger partial charge in [0, 0.05) is 12.6 Å². The molecule has 3 rings (SSSR count). The smallest absolute Gasteiger partial charge is 0.250 e. The van der Waals surface area contributed by atoms with Crippen LogP contribution in [0.4, 0.5) is 0 Å². The molecule has 6 heteroatoms. The topological polar surface area (TPSA) is 76.7 Å². The van der Waals surface area contributed by atoms with Gasteiger partial charge in [0.25, 0.3) is 5.91 Å². The van der Waals surface area contributed by atoms with Gasteiger partial charge in [-0.05, 0) is 44.4 Å². The van der Waals surface area contributed by atoms with Gasteiger partial charge in [-0.1, -0.05) is 19.3 Å². The quantitative estimate of drug-likeness (QED) is 0.761. The molecule has 2 N–H and O–H groups in total. The maximum absolute atomic E-state index is 12.6. The second kappa shape index (κ2) is 9.64. The third-order valence-electron chi connectivity index (χ3n) is 5.47. The molecule has 1 fully saturated rings. The first-order valence-electron chi connectivity index (χ1n) is 9.94. The molecule has 1 aliphatic carbocycles. The van der Waals surface area contributed by atoms with E-state index in [4.69, 9.17) is 9.47 Å². The summed E-state index contributed by atoms with van der Waals surface area (Å²) in [4.78, 5) is 25.0. The van der Waals surface area contributed by atoms with E-state index in [1.165, 1.54) is 19.3 Å². The molecule has 0 radical (unpaired) electrons. The summed E-state index contributed by atoms with van der Waals surface area (Å²) in [5.41, 5.74) is 1.39. The average molecular weight is 362 g/mol. The first-order chi connectivity index (χ1) is 12.7. The fourth-order valence-corrected chi connectivity index (χ4v) is 3.91. The lowest BCUT2D eigenvalue weighted by Gasteiger charge is -2.31. The highest BCUT2D eigenvalue weighted by Crippen LogP contribution is 2.27. The molecule has 0 spiro atoms. The van der Waals surface area contributed by atoms with E-state index in [1.807, 2.05) is 0 Å². The van der Waals surface area contributed by atoms with E-state index >= 15 is 0 Å². The number of rotatable bonds is 6. The molecule has 144 valence electrons. The minimum Gasteiger partial charge on any atom is -0.501 e. The molecule has 0 bridgehead atoms. The number of ether oxygens (including phenoxy) is 2. The molecule has 2 aliphatic heterocycles. The van der Waals surface area contributed by atoms with Gasteiger partial charge in [0.15, 0.2) is 0 Å². The predicted molar refractivity (Wildman–Crippen MR) is 98.1 cm³/mol. The highest BCUT2D eigenvalue weighted by atomic mass is 16.5. The number of carbonyl (C=O) groups is 2. The Bertz CT molecular complexity index is 564. The van der Waals surface area contributed by atoms with Crippen molar-refractivity contribution in [2.75, 3.05) is 19.8 Å². The predicted octanol–water partition coefficient (Wildman–Crippen LogP) is 2.56. The second-order valence-electron chi connectivity index (χ2n) is 7.42. The fraction of sp³-hybridized carbons (Fsp3) is 0.700. The Morgan fingerprint density at radius 3 is 2.12 bits per heavy atom. The van der Waals surface area contributed by atoms with Crippen molar-refractivity contribution < 1.29 is 19.1 Å². The number of hydrogen-bond acceptors (Lipinski definition) is 4. The summed E-state index contributed by atoms with van der Waals surface area (Å²) in [7, 11) is 0. The molecule has 0 aromatic carbocycles. The summed E-state index contributed by atoms with van der Waals surface area (Å²) in [6.45, 7) is 1.81. The summed E-state index contributed by atoms with van der Waals surface area (Å²) in [5.74, 6) is 0.268. The normalized spacial score (nSPS) is 22.2. The van der Waals surface area contributed by atoms with Crippen molar-refractivity contribution in [3.05, 3.63) is 23.7 Å². The van der Waals surface area contributed by atoms with Crippen LogP contribution in [0.15, 0.2) is 23.7 Å². The summed E-state index contributed by atoms with van der Waals surface area (Å²) < 4.78 is 10.6. The molecule has 0 saturated heterocycles. The van der Waals surface area contributed by atoms with Gasteiger partial charge < -0.3 is 20.1 Å². The second-order valence-corrected chi connectivity index (χ2v) is 7.42. The third kappa shape index (κ3) is 5.26. The van der Waals surface area contributed by atoms with E-state index in [9.17, 15) is 9.59 Å². The van der Waals surface area contributed by atoms with Crippen LogP contribution in [0.25, 0.3) is 0 Å². The molecule has 0 aromatic heterocycles. The van der Waals surface area contributed by atoms with E-state index in [0.29, 0.717) is 36.8 Å². The van der Waals surface area contributed by atoms with Crippen molar-refractivity contribution in [2.45, 2.75) is 63.8 Å². The highest BCUT2D eigenvalue weighted by molar-refractivity contribution is 5.94. The fourth-order valence-electron chi connectivity index (χ4n) is 3.91. The van der Waals surface area contributed by atoms with E-state index in [0.717, 1.165) is 38.5 Å². The zero-order valence-corrected chi connectivity index (χ0v) is 15.4. The molecule has 3 aliphatic rings. The molecule has 0 unspecified atom stereocenters. The van der Waals surface area contributed by atoms with Crippen molar-refractivity contribution in [3.63, 3.8) is 0 Å². The number of amides is 2. The lowest BCUT2D eigenvalue weighted by Crippen LogP contribution is -2.49. The van der Waals surface area contributed by atoms with Gasteiger partial charge in [-0.15, -0.1) is 0 Å². The molecule has 2 heterocycles. The largest absolute Gasteiger partial charge is 0.501 e. The Morgan fingerprint density at radius 2 is 1.54 bits per heavy atom. The van der Waals surface area contributed by atoms with Gasteiger partial charge in [-0.3, -0.25) is 9.59 Å². The molecule has 26 heavy (non-hydrogen) atoms. The SMILES string of the molecule is O=C(NC[C@H](NC(=O)C1=COCCC1)C1CCCCC1)C1=COCCC1. The summed E-state index contributed by atoms with van der Waals surface area (Å²) in [5, 5.41) is 6.17. The van der Waals surface area contributed by atoms with Crippen LogP contribution >= 0.6 is 0 Å². The van der Waals surface area contributed by atoms with Crippen molar-refractivity contribution in [2.24, 2.45) is 5.92 Å². The lowest BCUT2D eigenvalue weighted by molar-refractivity contribution is -0.121. The average Bonchev–Trinajstić information content (AvgIpc) is 2.72. The van der Waals surface area contributed by atoms with Crippen LogP contribution in [0.2, 0.25) is 0 Å². The van der Waals surface area contributed by atoms with Crippen LogP contribution in [-0.4, -0.2) is 37.6 Å². The maximum atomic E-state index is 12.6. The molecule has 2 amide bonds. The van der Waals surface area contributed by atoms with Crippen molar-refractivity contribution in [3.8, 4) is 0 Å². The monoisotopic (exact) mass is 362 g/mol. The Morgan fingerprint density at radius 1 is 0.923 bits per heavy atom. The van der Waals surface area contributed by atoms with Crippen molar-refractivity contribution in [1.82, 2.24) is 10.6 Å². The highest BCUT2D eigenvalue weighted by Gasteiger charge is 2.27. The van der Waals surface area contributed by atoms with Gasteiger partial charge in [0.05, 0.1) is 36.9 Å². The lowest BCUT2D eigenvalue weighted by atomic mass is 9.83. The third-order valence-corrected chi connectivity index (χ3v) is 5.47.